The van der Waals surface area contributed by atoms with Gasteiger partial charge < -0.3 is 28.8 Å². The van der Waals surface area contributed by atoms with Gasteiger partial charge in [0.25, 0.3) is 0 Å². The van der Waals surface area contributed by atoms with Gasteiger partial charge in [0, 0.05) is 77.6 Å². The fourth-order valence-electron chi connectivity index (χ4n) is 13.5. The smallest absolute Gasteiger partial charge is 0.335 e. The second-order valence-electron chi connectivity index (χ2n) is 22.4. The van der Waals surface area contributed by atoms with Crippen molar-refractivity contribution in [1.29, 1.82) is 0 Å². The lowest BCUT2D eigenvalue weighted by Crippen LogP contribution is -2.21. The maximum atomic E-state index is 12.0. The number of allylic oxidation sites excluding steroid dienone is 2. The van der Waals surface area contributed by atoms with Crippen molar-refractivity contribution in [2.45, 2.75) is 128 Å². The molecule has 2 saturated heterocycles. The van der Waals surface area contributed by atoms with Gasteiger partial charge in [0.1, 0.15) is 0 Å². The van der Waals surface area contributed by atoms with Crippen LogP contribution in [-0.2, 0) is 35.5 Å². The van der Waals surface area contributed by atoms with Gasteiger partial charge in [-0.25, -0.2) is 9.59 Å². The van der Waals surface area contributed by atoms with Gasteiger partial charge in [0.15, 0.2) is 0 Å². The van der Waals surface area contributed by atoms with Crippen molar-refractivity contribution in [3.8, 4) is 22.5 Å². The normalized spacial score (nSPS) is 18.4. The largest absolute Gasteiger partial charge is 0.478 e. The minimum Gasteiger partial charge on any atom is -0.478 e. The molecule has 14 rings (SSSR count). The molecule has 4 aromatic carbocycles. The Morgan fingerprint density at radius 2 is 1.09 bits per heavy atom. The Kier molecular flexibility index (Phi) is 13.9. The van der Waals surface area contributed by atoms with E-state index in [1.165, 1.54) is 77.7 Å². The summed E-state index contributed by atoms with van der Waals surface area (Å²) in [6, 6.07) is 28.3. The van der Waals surface area contributed by atoms with E-state index < -0.39 is 11.9 Å². The second-order valence-corrected chi connectivity index (χ2v) is 22.4. The zero-order valence-corrected chi connectivity index (χ0v) is 44.1. The lowest BCUT2D eigenvalue weighted by molar-refractivity contribution is 0.0584. The Morgan fingerprint density at radius 3 is 1.69 bits per heavy atom. The summed E-state index contributed by atoms with van der Waals surface area (Å²) in [5.41, 5.74) is 14.3. The standard InChI is InChI=1S/2C31H33N5O3/c2*37-31(38)23-10-11-26-27(17-23)35-19-24(30-32-34-36(33-30)18-20-12-14-39-15-13-20)16-22-8-4-5-9-25(22)29(35)28(26)21-6-2-1-3-7-21/h4-5,8-11,17,19-21H,1-3,6-7,12-16,18H2,(H,37,38);4-5,8-11,16-17,20-21H,1-3,6-7,12-15,18-19H2,(H,37,38). The van der Waals surface area contributed by atoms with Crippen molar-refractivity contribution in [3.05, 3.63) is 130 Å². The number of aromatic carboxylic acids is 2. The number of carboxylic acid groups (broad SMARTS) is 2. The highest BCUT2D eigenvalue weighted by Crippen LogP contribution is 2.49. The zero-order chi connectivity index (χ0) is 52.7. The molecule has 0 atom stereocenters. The van der Waals surface area contributed by atoms with E-state index in [-0.39, 0.29) is 0 Å². The summed E-state index contributed by atoms with van der Waals surface area (Å²) in [5, 5.41) is 49.4. The number of carbonyl (C=O) groups is 2. The van der Waals surface area contributed by atoms with Crippen LogP contribution in [0.4, 0.5) is 0 Å². The first-order valence-corrected chi connectivity index (χ1v) is 28.4. The van der Waals surface area contributed by atoms with Crippen LogP contribution in [-0.4, -0.2) is 98.1 Å². The van der Waals surface area contributed by atoms with Gasteiger partial charge in [-0.3, -0.25) is 0 Å². The van der Waals surface area contributed by atoms with Crippen molar-refractivity contribution in [3.63, 3.8) is 0 Å². The van der Waals surface area contributed by atoms with Crippen LogP contribution in [0.1, 0.15) is 156 Å². The van der Waals surface area contributed by atoms with E-state index in [4.69, 9.17) is 19.7 Å². The van der Waals surface area contributed by atoms with Gasteiger partial charge in [-0.1, -0.05) is 99.2 Å². The van der Waals surface area contributed by atoms with E-state index in [1.54, 1.807) is 21.7 Å². The Balaban J connectivity index is 0.000000148. The van der Waals surface area contributed by atoms with Crippen molar-refractivity contribution in [1.82, 2.24) is 49.5 Å². The predicted octanol–water partition coefficient (Wildman–Crippen LogP) is 12.0. The summed E-state index contributed by atoms with van der Waals surface area (Å²) in [6.45, 7) is 5.20. The van der Waals surface area contributed by atoms with E-state index in [1.807, 2.05) is 24.3 Å². The molecule has 2 aliphatic carbocycles. The van der Waals surface area contributed by atoms with Gasteiger partial charge in [-0.2, -0.15) is 9.59 Å². The molecule has 8 heterocycles. The van der Waals surface area contributed by atoms with Gasteiger partial charge in [0.2, 0.25) is 11.6 Å². The van der Waals surface area contributed by atoms with Crippen LogP contribution in [0.2, 0.25) is 0 Å². The van der Waals surface area contributed by atoms with Crippen molar-refractivity contribution < 1.29 is 29.3 Å². The molecule has 2 saturated carbocycles. The Bertz CT molecular complexity index is 3610. The molecule has 0 bridgehead atoms. The number of tetrazole rings is 2. The summed E-state index contributed by atoms with van der Waals surface area (Å²) < 4.78 is 15.5. The molecule has 16 nitrogen and oxygen atoms in total. The van der Waals surface area contributed by atoms with Crippen molar-refractivity contribution in [2.75, 3.05) is 26.4 Å². The summed E-state index contributed by atoms with van der Waals surface area (Å²) in [7, 11) is 0. The number of benzene rings is 4. The van der Waals surface area contributed by atoms with Crippen LogP contribution in [0.25, 0.3) is 67.7 Å². The number of carboxylic acids is 2. The van der Waals surface area contributed by atoms with Crippen LogP contribution >= 0.6 is 0 Å². The van der Waals surface area contributed by atoms with Crippen molar-refractivity contribution in [2.24, 2.45) is 11.8 Å². The summed E-state index contributed by atoms with van der Waals surface area (Å²) in [5.74, 6) is 1.34. The molecule has 0 amide bonds. The molecular formula is C62H66N10O6. The average Bonchev–Trinajstić information content (AvgIpc) is 4.44. The van der Waals surface area contributed by atoms with Crippen LogP contribution < -0.4 is 0 Å². The van der Waals surface area contributed by atoms with E-state index in [0.717, 1.165) is 129 Å². The second kappa shape index (κ2) is 21.7. The highest BCUT2D eigenvalue weighted by molar-refractivity contribution is 6.03. The van der Waals surface area contributed by atoms with E-state index in [2.05, 4.69) is 90.6 Å². The quantitative estimate of drug-likeness (QED) is 0.132. The summed E-state index contributed by atoms with van der Waals surface area (Å²) in [4.78, 5) is 27.4. The fourth-order valence-corrected chi connectivity index (χ4v) is 13.5. The zero-order valence-electron chi connectivity index (χ0n) is 44.1. The molecule has 2 N–H and O–H groups in total. The Labute approximate surface area is 452 Å². The first kappa shape index (κ1) is 50.0. The lowest BCUT2D eigenvalue weighted by atomic mass is 9.81. The molecule has 400 valence electrons. The van der Waals surface area contributed by atoms with E-state index in [9.17, 15) is 19.8 Å². The highest BCUT2D eigenvalue weighted by atomic mass is 16.5. The predicted molar refractivity (Wildman–Crippen MR) is 299 cm³/mol. The fraction of sp³-hybridized carbons (Fsp3) is 0.419. The molecular weight excluding hydrogens is 981 g/mol. The molecule has 4 aromatic heterocycles. The maximum Gasteiger partial charge on any atom is 0.335 e. The highest BCUT2D eigenvalue weighted by Gasteiger charge is 2.33. The number of hydrogen-bond acceptors (Lipinski definition) is 10. The van der Waals surface area contributed by atoms with Crippen LogP contribution in [0.3, 0.4) is 0 Å². The summed E-state index contributed by atoms with van der Waals surface area (Å²) >= 11 is 0. The van der Waals surface area contributed by atoms with Crippen LogP contribution in [0.5, 0.6) is 0 Å². The van der Waals surface area contributed by atoms with E-state index >= 15 is 0 Å². The van der Waals surface area contributed by atoms with Crippen LogP contribution in [0, 0.1) is 11.8 Å². The SMILES string of the molecule is O=C(O)c1ccc2c(C3CCCCC3)c3n(c2c1)C=C(c1nnn(CC2CCOCC2)n1)Cc1ccccc1-3.O=C(O)c1ccc2c(C3CCCCC3)c3n(c2c1)CC(c1nnn(CC2CCOCC2)n1)=Cc1ccccc1-3. The number of ether oxygens (including phenoxy) is 2. The molecule has 4 fully saturated rings. The van der Waals surface area contributed by atoms with Gasteiger partial charge in [-0.15, -0.1) is 20.4 Å². The lowest BCUT2D eigenvalue weighted by Gasteiger charge is -2.24. The number of hydrogen-bond donors (Lipinski definition) is 2. The number of nitrogens with zero attached hydrogens (tertiary/aromatic N) is 10. The third kappa shape index (κ3) is 9.78. The third-order valence-corrected chi connectivity index (χ3v) is 17.5. The maximum absolute atomic E-state index is 12.0. The van der Waals surface area contributed by atoms with Gasteiger partial charge in [0.05, 0.1) is 47.7 Å². The van der Waals surface area contributed by atoms with Gasteiger partial charge >= 0.3 is 11.9 Å². The van der Waals surface area contributed by atoms with Crippen molar-refractivity contribution >= 4 is 57.2 Å². The molecule has 78 heavy (non-hydrogen) atoms. The first-order chi connectivity index (χ1) is 38.3. The average molecular weight is 1050 g/mol. The van der Waals surface area contributed by atoms with Crippen LogP contribution in [0.15, 0.2) is 84.9 Å². The Morgan fingerprint density at radius 1 is 0.564 bits per heavy atom. The number of fused-ring (bicyclic) bond motifs is 10. The molecule has 4 aliphatic heterocycles. The Hall–Kier alpha value is -7.56. The monoisotopic (exact) mass is 1050 g/mol. The first-order valence-electron chi connectivity index (χ1n) is 28.4. The summed E-state index contributed by atoms with van der Waals surface area (Å²) in [6.07, 6.45) is 21.2. The molecule has 6 aliphatic rings. The topological polar surface area (TPSA) is 190 Å². The molecule has 8 aromatic rings. The molecule has 0 spiro atoms. The minimum absolute atomic E-state index is 0.297. The molecule has 16 heteroatoms. The van der Waals surface area contributed by atoms with Gasteiger partial charge in [-0.05, 0) is 138 Å². The minimum atomic E-state index is -0.914. The number of aromatic nitrogens is 10. The number of rotatable bonds is 10. The van der Waals surface area contributed by atoms with E-state index in [0.29, 0.717) is 59.4 Å². The molecule has 0 radical (unpaired) electrons. The third-order valence-electron chi connectivity index (χ3n) is 17.5. The molecule has 0 unspecified atom stereocenters.